The molecule has 0 radical (unpaired) electrons. The molecule has 1 N–H and O–H groups in total. The van der Waals surface area contributed by atoms with E-state index in [0.29, 0.717) is 10.0 Å². The Kier molecular flexibility index (Phi) is 3.42. The zero-order valence-electron chi connectivity index (χ0n) is 10.3. The minimum Gasteiger partial charge on any atom is -0.507 e. The molecule has 1 aromatic heterocycles. The highest BCUT2D eigenvalue weighted by atomic mass is 79.9. The Hall–Kier alpha value is -2.28. The molecular weight excluding hydrogens is 346 g/mol. The maximum atomic E-state index is 13.3. The smallest absolute Gasteiger partial charge is 0.262 e. The van der Waals surface area contributed by atoms with Gasteiger partial charge >= 0.3 is 0 Å². The summed E-state index contributed by atoms with van der Waals surface area (Å²) in [6, 6.07) is 7.41. The van der Waals surface area contributed by atoms with Gasteiger partial charge in [0.2, 0.25) is 5.82 Å². The van der Waals surface area contributed by atoms with Crippen LogP contribution in [0.3, 0.4) is 0 Å². The lowest BCUT2D eigenvalue weighted by atomic mass is 10.2. The first-order valence-corrected chi connectivity index (χ1v) is 6.62. The number of aromatic hydroxyl groups is 1. The third-order valence-electron chi connectivity index (χ3n) is 2.78. The van der Waals surface area contributed by atoms with Crippen molar-refractivity contribution in [3.8, 4) is 28.6 Å². The standard InChI is InChI=1S/C14H7BrF2N2O2/c15-11-3-1-7(16)5-9(11)13-18-14(21-19-13)10-6-8(17)2-4-12(10)20/h1-6,20H. The largest absolute Gasteiger partial charge is 0.507 e. The number of phenolic OH excluding ortho intramolecular Hbond substituents is 1. The summed E-state index contributed by atoms with van der Waals surface area (Å²) in [5, 5.41) is 13.4. The van der Waals surface area contributed by atoms with Gasteiger partial charge in [-0.05, 0) is 36.4 Å². The Bertz CT molecular complexity index is 754. The summed E-state index contributed by atoms with van der Waals surface area (Å²) in [6.45, 7) is 0. The molecule has 0 aliphatic rings. The number of halogens is 3. The predicted octanol–water partition coefficient (Wildman–Crippen LogP) is 4.15. The first kappa shape index (κ1) is 13.7. The molecule has 0 saturated carbocycles. The van der Waals surface area contributed by atoms with Crippen LogP contribution in [0.15, 0.2) is 45.4 Å². The molecule has 106 valence electrons. The van der Waals surface area contributed by atoms with Gasteiger partial charge in [0, 0.05) is 10.0 Å². The third-order valence-corrected chi connectivity index (χ3v) is 3.48. The minimum atomic E-state index is -0.547. The van der Waals surface area contributed by atoms with E-state index in [9.17, 15) is 13.9 Å². The molecule has 0 amide bonds. The van der Waals surface area contributed by atoms with E-state index in [1.165, 1.54) is 24.3 Å². The number of hydrogen-bond donors (Lipinski definition) is 1. The molecule has 0 saturated heterocycles. The Morgan fingerprint density at radius 2 is 1.67 bits per heavy atom. The maximum absolute atomic E-state index is 13.3. The van der Waals surface area contributed by atoms with Gasteiger partial charge in [0.25, 0.3) is 5.89 Å². The van der Waals surface area contributed by atoms with Gasteiger partial charge in [-0.1, -0.05) is 21.1 Å². The number of benzene rings is 2. The van der Waals surface area contributed by atoms with Crippen LogP contribution < -0.4 is 0 Å². The van der Waals surface area contributed by atoms with E-state index >= 15 is 0 Å². The van der Waals surface area contributed by atoms with E-state index in [0.717, 1.165) is 12.1 Å². The van der Waals surface area contributed by atoms with Crippen LogP contribution in [0, 0.1) is 11.6 Å². The molecule has 1 heterocycles. The number of rotatable bonds is 2. The number of hydrogen-bond acceptors (Lipinski definition) is 4. The summed E-state index contributed by atoms with van der Waals surface area (Å²) < 4.78 is 32.1. The van der Waals surface area contributed by atoms with Crippen molar-refractivity contribution >= 4 is 15.9 Å². The highest BCUT2D eigenvalue weighted by Gasteiger charge is 2.16. The van der Waals surface area contributed by atoms with Crippen LogP contribution in [-0.4, -0.2) is 15.2 Å². The average Bonchev–Trinajstić information content (AvgIpc) is 2.93. The van der Waals surface area contributed by atoms with Crippen molar-refractivity contribution in [1.29, 1.82) is 0 Å². The van der Waals surface area contributed by atoms with Gasteiger partial charge in [0.05, 0.1) is 5.56 Å². The molecule has 0 atom stereocenters. The van der Waals surface area contributed by atoms with Crippen LogP contribution >= 0.6 is 15.9 Å². The van der Waals surface area contributed by atoms with Gasteiger partial charge in [0.1, 0.15) is 17.4 Å². The first-order valence-electron chi connectivity index (χ1n) is 5.82. The summed E-state index contributed by atoms with van der Waals surface area (Å²) in [4.78, 5) is 4.05. The Labute approximate surface area is 126 Å². The lowest BCUT2D eigenvalue weighted by molar-refractivity contribution is 0.425. The van der Waals surface area contributed by atoms with Crippen LogP contribution in [0.25, 0.3) is 22.8 Å². The van der Waals surface area contributed by atoms with Gasteiger partial charge in [-0.25, -0.2) is 8.78 Å². The highest BCUT2D eigenvalue weighted by Crippen LogP contribution is 2.32. The lowest BCUT2D eigenvalue weighted by Gasteiger charge is -1.99. The maximum Gasteiger partial charge on any atom is 0.262 e. The number of phenols is 1. The second-order valence-corrected chi connectivity index (χ2v) is 5.06. The summed E-state index contributed by atoms with van der Waals surface area (Å²) in [5.74, 6) is -1.12. The van der Waals surface area contributed by atoms with E-state index in [1.807, 2.05) is 0 Å². The molecular formula is C14H7BrF2N2O2. The molecule has 7 heteroatoms. The molecule has 2 aromatic carbocycles. The summed E-state index contributed by atoms with van der Waals surface area (Å²) in [5.41, 5.74) is 0.460. The van der Waals surface area contributed by atoms with Crippen LogP contribution in [-0.2, 0) is 0 Å². The van der Waals surface area contributed by atoms with Crippen molar-refractivity contribution in [3.63, 3.8) is 0 Å². The first-order chi connectivity index (χ1) is 10.0. The lowest BCUT2D eigenvalue weighted by Crippen LogP contribution is -1.86. The molecule has 3 aromatic rings. The molecule has 4 nitrogen and oxygen atoms in total. The monoisotopic (exact) mass is 352 g/mol. The van der Waals surface area contributed by atoms with Crippen molar-refractivity contribution in [1.82, 2.24) is 10.1 Å². The fraction of sp³-hybridized carbons (Fsp3) is 0. The average molecular weight is 353 g/mol. The number of nitrogens with zero attached hydrogens (tertiary/aromatic N) is 2. The normalized spacial score (nSPS) is 10.8. The van der Waals surface area contributed by atoms with E-state index in [-0.39, 0.29) is 23.0 Å². The molecule has 0 spiro atoms. The zero-order valence-corrected chi connectivity index (χ0v) is 11.9. The molecule has 3 rings (SSSR count). The predicted molar refractivity (Wildman–Crippen MR) is 74.5 cm³/mol. The second kappa shape index (κ2) is 5.25. The summed E-state index contributed by atoms with van der Waals surface area (Å²) >= 11 is 3.26. The Balaban J connectivity index is 2.08. The van der Waals surface area contributed by atoms with Gasteiger partial charge in [-0.3, -0.25) is 0 Å². The van der Waals surface area contributed by atoms with Gasteiger partial charge < -0.3 is 9.63 Å². The summed E-state index contributed by atoms with van der Waals surface area (Å²) in [7, 11) is 0. The van der Waals surface area contributed by atoms with E-state index in [4.69, 9.17) is 4.52 Å². The third kappa shape index (κ3) is 2.64. The van der Waals surface area contributed by atoms with Gasteiger partial charge in [-0.15, -0.1) is 0 Å². The summed E-state index contributed by atoms with van der Waals surface area (Å²) in [6.07, 6.45) is 0. The SMILES string of the molecule is Oc1ccc(F)cc1-c1nc(-c2cc(F)ccc2Br)no1. The molecule has 0 aliphatic carbocycles. The quantitative estimate of drug-likeness (QED) is 0.752. The fourth-order valence-corrected chi connectivity index (χ4v) is 2.21. The molecule has 0 unspecified atom stereocenters. The topological polar surface area (TPSA) is 59.2 Å². The highest BCUT2D eigenvalue weighted by molar-refractivity contribution is 9.10. The fourth-order valence-electron chi connectivity index (χ4n) is 1.79. The van der Waals surface area contributed by atoms with Crippen LogP contribution in [0.2, 0.25) is 0 Å². The van der Waals surface area contributed by atoms with Crippen molar-refractivity contribution < 1.29 is 18.4 Å². The van der Waals surface area contributed by atoms with E-state index in [1.54, 1.807) is 0 Å². The number of aromatic nitrogens is 2. The van der Waals surface area contributed by atoms with E-state index in [2.05, 4.69) is 26.1 Å². The van der Waals surface area contributed by atoms with Crippen molar-refractivity contribution in [2.24, 2.45) is 0 Å². The minimum absolute atomic E-state index is 0.0573. The molecule has 0 bridgehead atoms. The van der Waals surface area contributed by atoms with E-state index < -0.39 is 11.6 Å². The van der Waals surface area contributed by atoms with Gasteiger partial charge in [-0.2, -0.15) is 4.98 Å². The Morgan fingerprint density at radius 1 is 1.00 bits per heavy atom. The van der Waals surface area contributed by atoms with Crippen molar-refractivity contribution in [2.45, 2.75) is 0 Å². The molecule has 0 fully saturated rings. The van der Waals surface area contributed by atoms with Crippen molar-refractivity contribution in [3.05, 3.63) is 52.5 Å². The zero-order chi connectivity index (χ0) is 15.0. The molecule has 21 heavy (non-hydrogen) atoms. The second-order valence-electron chi connectivity index (χ2n) is 4.21. The molecule has 0 aliphatic heterocycles. The van der Waals surface area contributed by atoms with Crippen LogP contribution in [0.1, 0.15) is 0 Å². The van der Waals surface area contributed by atoms with Crippen LogP contribution in [0.4, 0.5) is 8.78 Å². The Morgan fingerprint density at radius 3 is 2.43 bits per heavy atom. The van der Waals surface area contributed by atoms with Gasteiger partial charge in [0.15, 0.2) is 0 Å². The van der Waals surface area contributed by atoms with Crippen molar-refractivity contribution in [2.75, 3.05) is 0 Å². The van der Waals surface area contributed by atoms with Crippen LogP contribution in [0.5, 0.6) is 5.75 Å².